The summed E-state index contributed by atoms with van der Waals surface area (Å²) in [5, 5.41) is 13.1. The molecule has 0 aromatic heterocycles. The van der Waals surface area contributed by atoms with Gasteiger partial charge in [-0.1, -0.05) is 6.07 Å². The molecule has 0 radical (unpaired) electrons. The molecule has 20 nitrogen and oxygen atoms in total. The van der Waals surface area contributed by atoms with E-state index in [1.807, 2.05) is 0 Å². The van der Waals surface area contributed by atoms with E-state index in [2.05, 4.69) is 31.3 Å². The molecule has 3 aromatic carbocycles. The van der Waals surface area contributed by atoms with Crippen LogP contribution in [0.15, 0.2) is 66.7 Å². The number of fused-ring (bicyclic) bond motifs is 1. The maximum Gasteiger partial charge on any atom is 0.573 e. The molecule has 1 aliphatic carbocycles. The van der Waals surface area contributed by atoms with E-state index in [4.69, 9.17) is 28.4 Å². The number of benzene rings is 3. The van der Waals surface area contributed by atoms with E-state index in [1.54, 1.807) is 24.3 Å². The Morgan fingerprint density at radius 2 is 1.30 bits per heavy atom. The molecule has 69 heavy (non-hydrogen) atoms. The predicted octanol–water partition coefficient (Wildman–Crippen LogP) is 3.49. The van der Waals surface area contributed by atoms with E-state index in [9.17, 15) is 46.7 Å². The van der Waals surface area contributed by atoms with Gasteiger partial charge in [-0.3, -0.25) is 39.0 Å². The highest BCUT2D eigenvalue weighted by Gasteiger charge is 2.46. The van der Waals surface area contributed by atoms with Crippen molar-refractivity contribution in [1.29, 1.82) is 0 Å². The summed E-state index contributed by atoms with van der Waals surface area (Å²) in [5.74, 6) is -3.11. The normalized spacial score (nSPS) is 18.0. The average molecular weight is 971 g/mol. The second-order valence-electron chi connectivity index (χ2n) is 15.8. The lowest BCUT2D eigenvalue weighted by Crippen LogP contribution is -2.54. The predicted molar refractivity (Wildman–Crippen MR) is 236 cm³/mol. The van der Waals surface area contributed by atoms with Gasteiger partial charge in [-0.05, 0) is 92.8 Å². The van der Waals surface area contributed by atoms with Gasteiger partial charge < -0.3 is 54.4 Å². The number of urea groups is 1. The molecular formula is C46H53F3N6O14. The summed E-state index contributed by atoms with van der Waals surface area (Å²) in [4.78, 5) is 88.2. The second-order valence-corrected chi connectivity index (χ2v) is 15.8. The van der Waals surface area contributed by atoms with Gasteiger partial charge in [-0.2, -0.15) is 0 Å². The molecule has 0 spiro atoms. The molecule has 3 aliphatic rings. The summed E-state index contributed by atoms with van der Waals surface area (Å²) >= 11 is 0. The Hall–Kier alpha value is -6.82. The molecule has 2 heterocycles. The van der Waals surface area contributed by atoms with Gasteiger partial charge >= 0.3 is 12.4 Å². The van der Waals surface area contributed by atoms with Crippen molar-refractivity contribution in [1.82, 2.24) is 26.2 Å². The van der Waals surface area contributed by atoms with Crippen molar-refractivity contribution in [3.05, 3.63) is 83.4 Å². The minimum Gasteiger partial charge on any atom is -0.490 e. The molecule has 372 valence electrons. The topological polar surface area (TPSA) is 247 Å². The molecule has 1 saturated carbocycles. The first kappa shape index (κ1) is 51.6. The van der Waals surface area contributed by atoms with Crippen LogP contribution in [0.4, 0.5) is 23.7 Å². The molecule has 3 aromatic rings. The van der Waals surface area contributed by atoms with Gasteiger partial charge in [-0.15, -0.1) is 13.2 Å². The summed E-state index contributed by atoms with van der Waals surface area (Å²) in [6.45, 7) is 2.44. The molecule has 0 bridgehead atoms. The van der Waals surface area contributed by atoms with E-state index in [-0.39, 0.29) is 79.9 Å². The van der Waals surface area contributed by atoms with Crippen LogP contribution in [0.3, 0.4) is 0 Å². The van der Waals surface area contributed by atoms with Crippen LogP contribution in [0, 0.1) is 0 Å². The highest BCUT2D eigenvalue weighted by Crippen LogP contribution is 2.34. The molecule has 5 N–H and O–H groups in total. The fourth-order valence-electron chi connectivity index (χ4n) is 7.46. The fourth-order valence-corrected chi connectivity index (χ4v) is 7.46. The number of imide groups is 2. The van der Waals surface area contributed by atoms with E-state index in [1.165, 1.54) is 30.3 Å². The lowest BCUT2D eigenvalue weighted by atomic mass is 9.93. The fraction of sp³-hybridized carbons (Fsp3) is 0.457. The summed E-state index contributed by atoms with van der Waals surface area (Å²) in [6, 6.07) is 14.4. The maximum atomic E-state index is 13.2. The van der Waals surface area contributed by atoms with Crippen molar-refractivity contribution in [3.8, 4) is 17.2 Å². The number of ether oxygens (including phenoxy) is 7. The summed E-state index contributed by atoms with van der Waals surface area (Å²) in [7, 11) is 0. The standard InChI is InChI=1S/C46H53F3N6O14/c47-46(48,49)69-34-14-8-31(9-15-34)53-45(62)52-30-6-12-33(13-7-30)68-32-10-4-29(5-11-32)41(58)51-19-21-64-23-25-66-27-26-65-24-22-63-20-18-50-39(57)28-67-37-3-1-2-35-40(37)44(61)55(43(35)60)36-16-17-38(56)54-42(36)59/h1-5,8-11,14-15,30,33,36H,6-7,12-13,16-28H2,(H,50,57)(H,51,58)(H2,52,53,62)(H,54,56,59). The number of halogens is 3. The third kappa shape index (κ3) is 16.2. The number of amides is 8. The third-order valence-corrected chi connectivity index (χ3v) is 10.8. The van der Waals surface area contributed by atoms with Gasteiger partial charge in [0.2, 0.25) is 11.8 Å². The smallest absolute Gasteiger partial charge is 0.490 e. The summed E-state index contributed by atoms with van der Waals surface area (Å²) < 4.78 is 74.5. The number of hydrogen-bond donors (Lipinski definition) is 5. The van der Waals surface area contributed by atoms with Gasteiger partial charge in [0.25, 0.3) is 23.6 Å². The number of hydrogen-bond acceptors (Lipinski definition) is 14. The van der Waals surface area contributed by atoms with Crippen LogP contribution < -0.4 is 40.8 Å². The first-order valence-corrected chi connectivity index (χ1v) is 22.3. The Kier molecular flexibility index (Phi) is 19.1. The Balaban J connectivity index is 0.714. The Morgan fingerprint density at radius 1 is 0.696 bits per heavy atom. The Labute approximate surface area is 394 Å². The SMILES string of the molecule is O=C(COc1cccc2c1C(=O)N(C1CCC(=O)NC1=O)C2=O)NCCOCCOCCOCCOCCNC(=O)c1ccc(OC2CCC(NC(=O)Nc3ccc(OC(F)(F)F)cc3)CC2)cc1. The van der Waals surface area contributed by atoms with Crippen molar-refractivity contribution < 1.29 is 79.9 Å². The van der Waals surface area contributed by atoms with E-state index in [0.29, 0.717) is 82.3 Å². The highest BCUT2D eigenvalue weighted by atomic mass is 19.4. The number of rotatable bonds is 25. The number of nitrogens with zero attached hydrogens (tertiary/aromatic N) is 1. The van der Waals surface area contributed by atoms with Gasteiger partial charge in [0.1, 0.15) is 23.3 Å². The summed E-state index contributed by atoms with van der Waals surface area (Å²) in [5.41, 5.74) is 0.778. The third-order valence-electron chi connectivity index (χ3n) is 10.8. The lowest BCUT2D eigenvalue weighted by Gasteiger charge is -2.29. The molecule has 23 heteroatoms. The molecule has 1 atom stereocenters. The van der Waals surface area contributed by atoms with Crippen LogP contribution in [0.25, 0.3) is 0 Å². The minimum atomic E-state index is -4.80. The second kappa shape index (κ2) is 25.5. The zero-order chi connectivity index (χ0) is 49.2. The molecule has 1 unspecified atom stereocenters. The quantitative estimate of drug-likeness (QED) is 0.0603. The number of nitrogens with one attached hydrogen (secondary N) is 5. The van der Waals surface area contributed by atoms with E-state index < -0.39 is 54.6 Å². The van der Waals surface area contributed by atoms with E-state index in [0.717, 1.165) is 17.0 Å². The van der Waals surface area contributed by atoms with Gasteiger partial charge in [0, 0.05) is 36.8 Å². The van der Waals surface area contributed by atoms with Gasteiger partial charge in [0.15, 0.2) is 6.61 Å². The van der Waals surface area contributed by atoms with Crippen LogP contribution in [-0.4, -0.2) is 143 Å². The van der Waals surface area contributed by atoms with Crippen molar-refractivity contribution in [2.75, 3.05) is 77.9 Å². The number of carbonyl (C=O) groups is 7. The van der Waals surface area contributed by atoms with Crippen molar-refractivity contribution >= 4 is 47.2 Å². The highest BCUT2D eigenvalue weighted by molar-refractivity contribution is 6.24. The zero-order valence-corrected chi connectivity index (χ0v) is 37.4. The number of anilines is 1. The molecule has 8 amide bonds. The maximum absolute atomic E-state index is 13.2. The van der Waals surface area contributed by atoms with Crippen LogP contribution in [-0.2, 0) is 33.3 Å². The van der Waals surface area contributed by atoms with Gasteiger partial charge in [-0.25, -0.2) is 4.79 Å². The van der Waals surface area contributed by atoms with Crippen molar-refractivity contribution in [2.45, 2.75) is 63.1 Å². The molecule has 2 fully saturated rings. The molecular weight excluding hydrogens is 918 g/mol. The monoisotopic (exact) mass is 970 g/mol. The average Bonchev–Trinajstić information content (AvgIpc) is 3.57. The molecule has 2 aliphatic heterocycles. The van der Waals surface area contributed by atoms with Gasteiger partial charge in [0.05, 0.1) is 70.1 Å². The van der Waals surface area contributed by atoms with Crippen LogP contribution in [0.2, 0.25) is 0 Å². The van der Waals surface area contributed by atoms with Crippen LogP contribution in [0.5, 0.6) is 17.2 Å². The number of piperidine rings is 1. The number of alkyl halides is 3. The van der Waals surface area contributed by atoms with Crippen LogP contribution in [0.1, 0.15) is 69.6 Å². The van der Waals surface area contributed by atoms with E-state index >= 15 is 0 Å². The van der Waals surface area contributed by atoms with Crippen molar-refractivity contribution in [2.24, 2.45) is 0 Å². The minimum absolute atomic E-state index is 0.00664. The first-order chi connectivity index (χ1) is 33.2. The molecule has 6 rings (SSSR count). The number of carbonyl (C=O) groups excluding carboxylic acids is 7. The zero-order valence-electron chi connectivity index (χ0n) is 37.4. The van der Waals surface area contributed by atoms with Crippen molar-refractivity contribution in [3.63, 3.8) is 0 Å². The lowest BCUT2D eigenvalue weighted by molar-refractivity contribution is -0.274. The first-order valence-electron chi connectivity index (χ1n) is 22.3. The van der Waals surface area contributed by atoms with Crippen LogP contribution >= 0.6 is 0 Å². The summed E-state index contributed by atoms with van der Waals surface area (Å²) in [6.07, 6.45) is -2.14. The Morgan fingerprint density at radius 3 is 1.93 bits per heavy atom. The molecule has 1 saturated heterocycles. The Bertz CT molecular complexity index is 2260. The largest absolute Gasteiger partial charge is 0.573 e.